The van der Waals surface area contributed by atoms with Gasteiger partial charge in [-0.05, 0) is 61.9 Å². The maximum Gasteiger partial charge on any atom is 0.121 e. The second-order valence-electron chi connectivity index (χ2n) is 4.45. The molecule has 1 aromatic rings. The van der Waals surface area contributed by atoms with E-state index in [2.05, 4.69) is 23.7 Å². The molecule has 17 heavy (non-hydrogen) atoms. The van der Waals surface area contributed by atoms with Crippen LogP contribution < -0.4 is 5.32 Å². The summed E-state index contributed by atoms with van der Waals surface area (Å²) in [6, 6.07) is 4.11. The van der Waals surface area contributed by atoms with Crippen LogP contribution in [0.3, 0.4) is 0 Å². The first-order valence-electron chi connectivity index (χ1n) is 6.14. The van der Waals surface area contributed by atoms with Crippen molar-refractivity contribution in [1.82, 2.24) is 5.32 Å². The van der Waals surface area contributed by atoms with Crippen molar-refractivity contribution in [3.63, 3.8) is 0 Å². The van der Waals surface area contributed by atoms with Gasteiger partial charge >= 0.3 is 0 Å². The molecule has 0 heterocycles. The smallest absolute Gasteiger partial charge is 0.121 e. The van der Waals surface area contributed by atoms with Crippen LogP contribution in [0, 0.1) is 13.8 Å². The van der Waals surface area contributed by atoms with Crippen molar-refractivity contribution in [2.45, 2.75) is 33.2 Å². The predicted molar refractivity (Wildman–Crippen MR) is 76.9 cm³/mol. The lowest BCUT2D eigenvalue weighted by Gasteiger charge is -2.09. The minimum Gasteiger partial charge on any atom is -0.507 e. The average Bonchev–Trinajstić information content (AvgIpc) is 2.30. The van der Waals surface area contributed by atoms with Gasteiger partial charge in [0.2, 0.25) is 0 Å². The number of aryl methyl sites for hydroxylation is 2. The van der Waals surface area contributed by atoms with Crippen LogP contribution in [0.1, 0.15) is 29.5 Å². The molecule has 0 bridgehead atoms. The Hall–Kier alpha value is -0.670. The van der Waals surface area contributed by atoms with Crippen molar-refractivity contribution in [3.8, 4) is 5.75 Å². The van der Waals surface area contributed by atoms with Crippen molar-refractivity contribution in [2.75, 3.05) is 18.6 Å². The van der Waals surface area contributed by atoms with Crippen LogP contribution in [0.2, 0.25) is 0 Å². The van der Waals surface area contributed by atoms with E-state index in [-0.39, 0.29) is 0 Å². The highest BCUT2D eigenvalue weighted by molar-refractivity contribution is 7.98. The standard InChI is InChI=1S/C14H23NOS/c1-11-8-13(9-12(2)14(11)16)10-15-6-4-5-7-17-3/h8-9,15-16H,4-7,10H2,1-3H3. The molecule has 2 N–H and O–H groups in total. The van der Waals surface area contributed by atoms with Crippen LogP contribution in [-0.4, -0.2) is 23.7 Å². The number of phenols is 1. The molecule has 2 nitrogen and oxygen atoms in total. The maximum atomic E-state index is 9.68. The lowest BCUT2D eigenvalue weighted by atomic mass is 10.1. The summed E-state index contributed by atoms with van der Waals surface area (Å²) in [6.45, 7) is 5.86. The molecular weight excluding hydrogens is 230 g/mol. The third kappa shape index (κ3) is 5.00. The fraction of sp³-hybridized carbons (Fsp3) is 0.571. The van der Waals surface area contributed by atoms with Crippen LogP contribution in [0.15, 0.2) is 12.1 Å². The second kappa shape index (κ2) is 7.62. The molecule has 0 fully saturated rings. The van der Waals surface area contributed by atoms with Gasteiger partial charge in [-0.2, -0.15) is 11.8 Å². The van der Waals surface area contributed by atoms with Gasteiger partial charge in [0, 0.05) is 6.54 Å². The topological polar surface area (TPSA) is 32.3 Å². The van der Waals surface area contributed by atoms with Gasteiger partial charge in [0.15, 0.2) is 0 Å². The van der Waals surface area contributed by atoms with Gasteiger partial charge in [0.1, 0.15) is 5.75 Å². The Kier molecular flexibility index (Phi) is 6.45. The molecule has 0 amide bonds. The van der Waals surface area contributed by atoms with Crippen molar-refractivity contribution < 1.29 is 5.11 Å². The average molecular weight is 253 g/mol. The van der Waals surface area contributed by atoms with Gasteiger partial charge in [-0.15, -0.1) is 0 Å². The minimum atomic E-state index is 0.425. The Labute approximate surface area is 109 Å². The van der Waals surface area contributed by atoms with Gasteiger partial charge in [-0.25, -0.2) is 0 Å². The molecule has 0 aliphatic carbocycles. The van der Waals surface area contributed by atoms with E-state index in [4.69, 9.17) is 0 Å². The number of rotatable bonds is 7. The summed E-state index contributed by atoms with van der Waals surface area (Å²) in [5, 5.41) is 13.1. The molecule has 0 radical (unpaired) electrons. The fourth-order valence-corrected chi connectivity index (χ4v) is 2.37. The normalized spacial score (nSPS) is 10.8. The summed E-state index contributed by atoms with van der Waals surface area (Å²) >= 11 is 1.91. The Morgan fingerprint density at radius 1 is 1.18 bits per heavy atom. The summed E-state index contributed by atoms with van der Waals surface area (Å²) < 4.78 is 0. The molecule has 0 spiro atoms. The Morgan fingerprint density at radius 3 is 2.41 bits per heavy atom. The molecule has 3 heteroatoms. The molecule has 0 unspecified atom stereocenters. The summed E-state index contributed by atoms with van der Waals surface area (Å²) in [4.78, 5) is 0. The monoisotopic (exact) mass is 253 g/mol. The second-order valence-corrected chi connectivity index (χ2v) is 5.44. The van der Waals surface area contributed by atoms with Crippen LogP contribution in [0.25, 0.3) is 0 Å². The van der Waals surface area contributed by atoms with E-state index in [1.807, 2.05) is 25.6 Å². The maximum absolute atomic E-state index is 9.68. The largest absolute Gasteiger partial charge is 0.507 e. The lowest BCUT2D eigenvalue weighted by molar-refractivity contribution is 0.466. The zero-order valence-corrected chi connectivity index (χ0v) is 11.9. The summed E-state index contributed by atoms with van der Waals surface area (Å²) in [6.07, 6.45) is 4.66. The lowest BCUT2D eigenvalue weighted by Crippen LogP contribution is -2.15. The number of nitrogens with one attached hydrogen (secondary N) is 1. The molecule has 1 rings (SSSR count). The number of hydrogen-bond donors (Lipinski definition) is 2. The molecule has 0 saturated heterocycles. The van der Waals surface area contributed by atoms with Crippen LogP contribution in [0.5, 0.6) is 5.75 Å². The first kappa shape index (κ1) is 14.4. The molecule has 96 valence electrons. The van der Waals surface area contributed by atoms with Crippen molar-refractivity contribution in [3.05, 3.63) is 28.8 Å². The van der Waals surface area contributed by atoms with Crippen molar-refractivity contribution in [1.29, 1.82) is 0 Å². The fourth-order valence-electron chi connectivity index (χ4n) is 1.88. The SMILES string of the molecule is CSCCCCNCc1cc(C)c(O)c(C)c1. The molecule has 0 aromatic heterocycles. The number of unbranched alkanes of at least 4 members (excludes halogenated alkanes) is 1. The molecule has 0 aliphatic rings. The molecule has 0 atom stereocenters. The molecule has 1 aromatic carbocycles. The number of phenolic OH excluding ortho intramolecular Hbond substituents is 1. The Bertz CT molecular complexity index is 329. The Balaban J connectivity index is 2.32. The van der Waals surface area contributed by atoms with Crippen molar-refractivity contribution >= 4 is 11.8 Å². The number of hydrogen-bond acceptors (Lipinski definition) is 3. The van der Waals surface area contributed by atoms with E-state index < -0.39 is 0 Å². The number of thioether (sulfide) groups is 1. The highest BCUT2D eigenvalue weighted by Crippen LogP contribution is 2.22. The zero-order chi connectivity index (χ0) is 12.7. The quantitative estimate of drug-likeness (QED) is 0.732. The van der Waals surface area contributed by atoms with Gasteiger partial charge < -0.3 is 10.4 Å². The van der Waals surface area contributed by atoms with Gasteiger partial charge in [0.05, 0.1) is 0 Å². The van der Waals surface area contributed by atoms with Gasteiger partial charge in [-0.1, -0.05) is 12.1 Å². The summed E-state index contributed by atoms with van der Waals surface area (Å²) in [5.41, 5.74) is 3.18. The van der Waals surface area contributed by atoms with E-state index in [0.29, 0.717) is 5.75 Å². The zero-order valence-electron chi connectivity index (χ0n) is 11.0. The summed E-state index contributed by atoms with van der Waals surface area (Å²) in [5.74, 6) is 1.67. The highest BCUT2D eigenvalue weighted by atomic mass is 32.2. The first-order chi connectivity index (χ1) is 8.15. The van der Waals surface area contributed by atoms with E-state index in [0.717, 1.165) is 24.2 Å². The number of aromatic hydroxyl groups is 1. The van der Waals surface area contributed by atoms with Gasteiger partial charge in [-0.3, -0.25) is 0 Å². The molecule has 0 aliphatic heterocycles. The number of benzene rings is 1. The molecular formula is C14H23NOS. The minimum absolute atomic E-state index is 0.425. The van der Waals surface area contributed by atoms with Gasteiger partial charge in [0.25, 0.3) is 0 Å². The predicted octanol–water partition coefficient (Wildman–Crippen LogP) is 3.24. The highest BCUT2D eigenvalue weighted by Gasteiger charge is 2.02. The van der Waals surface area contributed by atoms with Crippen LogP contribution >= 0.6 is 11.8 Å². The third-order valence-corrected chi connectivity index (χ3v) is 3.53. The van der Waals surface area contributed by atoms with E-state index in [9.17, 15) is 5.11 Å². The molecule has 0 saturated carbocycles. The van der Waals surface area contributed by atoms with E-state index in [1.54, 1.807) is 0 Å². The first-order valence-corrected chi connectivity index (χ1v) is 7.53. The Morgan fingerprint density at radius 2 is 1.82 bits per heavy atom. The van der Waals surface area contributed by atoms with E-state index in [1.165, 1.54) is 24.2 Å². The van der Waals surface area contributed by atoms with Crippen LogP contribution in [-0.2, 0) is 6.54 Å². The van der Waals surface area contributed by atoms with E-state index >= 15 is 0 Å². The van der Waals surface area contributed by atoms with Crippen molar-refractivity contribution in [2.24, 2.45) is 0 Å². The summed E-state index contributed by atoms with van der Waals surface area (Å²) in [7, 11) is 0. The third-order valence-electron chi connectivity index (χ3n) is 2.83. The van der Waals surface area contributed by atoms with Crippen LogP contribution in [0.4, 0.5) is 0 Å².